The van der Waals surface area contributed by atoms with Crippen molar-refractivity contribution in [1.29, 1.82) is 0 Å². The molecule has 28 heavy (non-hydrogen) atoms. The Bertz CT molecular complexity index is 1090. The van der Waals surface area contributed by atoms with E-state index >= 15 is 0 Å². The van der Waals surface area contributed by atoms with E-state index in [1.165, 1.54) is 27.8 Å². The summed E-state index contributed by atoms with van der Waals surface area (Å²) in [6.45, 7) is 0. The number of rotatable bonds is 3. The molecular weight excluding hydrogens is 343 g/mol. The third-order valence-electron chi connectivity index (χ3n) is 5.62. The largest absolute Gasteiger partial charge is 0.488 e. The molecule has 0 spiro atoms. The van der Waals surface area contributed by atoms with Crippen molar-refractivity contribution < 1.29 is 10.0 Å². The van der Waals surface area contributed by atoms with Gasteiger partial charge in [0.25, 0.3) is 0 Å². The van der Waals surface area contributed by atoms with Crippen molar-refractivity contribution in [2.24, 2.45) is 0 Å². The Kier molecular flexibility index (Phi) is 4.12. The van der Waals surface area contributed by atoms with Gasteiger partial charge in [0.1, 0.15) is 0 Å². The van der Waals surface area contributed by atoms with Crippen molar-refractivity contribution in [2.45, 2.75) is 5.92 Å². The van der Waals surface area contributed by atoms with Crippen molar-refractivity contribution in [1.82, 2.24) is 0 Å². The summed E-state index contributed by atoms with van der Waals surface area (Å²) >= 11 is 0. The van der Waals surface area contributed by atoms with E-state index < -0.39 is 7.12 Å². The topological polar surface area (TPSA) is 40.5 Å². The lowest BCUT2D eigenvalue weighted by atomic mass is 9.80. The Labute approximate surface area is 164 Å². The van der Waals surface area contributed by atoms with Crippen LogP contribution >= 0.6 is 0 Å². The van der Waals surface area contributed by atoms with Gasteiger partial charge in [-0.05, 0) is 44.4 Å². The van der Waals surface area contributed by atoms with E-state index in [1.54, 1.807) is 12.1 Å². The fourth-order valence-electron chi connectivity index (χ4n) is 4.23. The van der Waals surface area contributed by atoms with Gasteiger partial charge in [0.05, 0.1) is 0 Å². The molecule has 0 unspecified atom stereocenters. The highest BCUT2D eigenvalue weighted by atomic mass is 16.4. The monoisotopic (exact) mass is 362 g/mol. The van der Waals surface area contributed by atoms with Crippen molar-refractivity contribution in [3.05, 3.63) is 114 Å². The first kappa shape index (κ1) is 17.0. The standard InChI is InChI=1S/C25H19BO2/c27-26(28)20-15-13-18(14-16-20)17-9-11-19(12-10-17)25-23-7-3-1-5-21(23)22-6-2-4-8-24(22)25/h1-16,25,27-28H. The van der Waals surface area contributed by atoms with Crippen LogP contribution < -0.4 is 5.46 Å². The second-order valence-corrected chi connectivity index (χ2v) is 7.23. The summed E-state index contributed by atoms with van der Waals surface area (Å²) in [6.07, 6.45) is 0. The minimum atomic E-state index is -1.43. The summed E-state index contributed by atoms with van der Waals surface area (Å²) in [6, 6.07) is 33.3. The van der Waals surface area contributed by atoms with Gasteiger partial charge in [-0.2, -0.15) is 0 Å². The maximum absolute atomic E-state index is 9.26. The van der Waals surface area contributed by atoms with Gasteiger partial charge in [-0.15, -0.1) is 0 Å². The van der Waals surface area contributed by atoms with E-state index in [9.17, 15) is 10.0 Å². The molecule has 2 nitrogen and oxygen atoms in total. The van der Waals surface area contributed by atoms with E-state index in [0.29, 0.717) is 5.46 Å². The molecule has 0 bridgehead atoms. The Morgan fingerprint density at radius 3 is 1.50 bits per heavy atom. The first-order chi connectivity index (χ1) is 13.7. The molecule has 134 valence electrons. The van der Waals surface area contributed by atoms with E-state index in [2.05, 4.69) is 72.8 Å². The lowest BCUT2D eigenvalue weighted by molar-refractivity contribution is 0.426. The van der Waals surface area contributed by atoms with Crippen molar-refractivity contribution in [3.8, 4) is 22.3 Å². The maximum Gasteiger partial charge on any atom is 0.488 e. The van der Waals surface area contributed by atoms with Crippen LogP contribution in [0.15, 0.2) is 97.1 Å². The number of fused-ring (bicyclic) bond motifs is 3. The Morgan fingerprint density at radius 1 is 0.536 bits per heavy atom. The third kappa shape index (κ3) is 2.77. The predicted octanol–water partition coefficient (Wildman–Crippen LogP) is 4.19. The summed E-state index contributed by atoms with van der Waals surface area (Å²) in [5, 5.41) is 18.5. The second-order valence-electron chi connectivity index (χ2n) is 7.23. The maximum atomic E-state index is 9.26. The molecule has 0 saturated carbocycles. The van der Waals surface area contributed by atoms with Gasteiger partial charge in [-0.1, -0.05) is 97.1 Å². The van der Waals surface area contributed by atoms with Crippen LogP contribution in [0, 0.1) is 0 Å². The quantitative estimate of drug-likeness (QED) is 0.473. The van der Waals surface area contributed by atoms with E-state index in [4.69, 9.17) is 0 Å². The van der Waals surface area contributed by atoms with Crippen LogP contribution in [0.3, 0.4) is 0 Å². The molecular formula is C25H19BO2. The normalized spacial score (nSPS) is 12.5. The zero-order valence-corrected chi connectivity index (χ0v) is 15.3. The minimum Gasteiger partial charge on any atom is -0.423 e. The summed E-state index contributed by atoms with van der Waals surface area (Å²) in [5.41, 5.74) is 9.32. The molecule has 0 heterocycles. The number of hydrogen-bond donors (Lipinski definition) is 2. The molecule has 1 aliphatic rings. The Morgan fingerprint density at radius 2 is 1.00 bits per heavy atom. The zero-order chi connectivity index (χ0) is 19.1. The first-order valence-electron chi connectivity index (χ1n) is 9.47. The molecule has 4 aromatic carbocycles. The van der Waals surface area contributed by atoms with Crippen LogP contribution in [0.2, 0.25) is 0 Å². The number of benzene rings is 4. The van der Waals surface area contributed by atoms with E-state index in [0.717, 1.165) is 11.1 Å². The molecule has 0 fully saturated rings. The smallest absolute Gasteiger partial charge is 0.423 e. The summed E-state index contributed by atoms with van der Waals surface area (Å²) < 4.78 is 0. The number of hydrogen-bond acceptors (Lipinski definition) is 2. The van der Waals surface area contributed by atoms with Crippen LogP contribution in [0.4, 0.5) is 0 Å². The molecule has 4 aromatic rings. The molecule has 2 N–H and O–H groups in total. The van der Waals surface area contributed by atoms with Crippen LogP contribution in [0.1, 0.15) is 22.6 Å². The van der Waals surface area contributed by atoms with Gasteiger partial charge in [0, 0.05) is 5.92 Å². The summed E-state index contributed by atoms with van der Waals surface area (Å²) in [4.78, 5) is 0. The second kappa shape index (κ2) is 6.79. The first-order valence-corrected chi connectivity index (χ1v) is 9.47. The Hall–Kier alpha value is -3.14. The molecule has 0 amide bonds. The van der Waals surface area contributed by atoms with Crippen LogP contribution in [-0.2, 0) is 0 Å². The van der Waals surface area contributed by atoms with Crippen molar-refractivity contribution in [3.63, 3.8) is 0 Å². The zero-order valence-electron chi connectivity index (χ0n) is 15.3. The van der Waals surface area contributed by atoms with Crippen molar-refractivity contribution in [2.75, 3.05) is 0 Å². The van der Waals surface area contributed by atoms with Gasteiger partial charge in [0.15, 0.2) is 0 Å². The average Bonchev–Trinajstić information content (AvgIpc) is 3.08. The van der Waals surface area contributed by atoms with Gasteiger partial charge in [0.2, 0.25) is 0 Å². The van der Waals surface area contributed by atoms with E-state index in [1.807, 2.05) is 12.1 Å². The van der Waals surface area contributed by atoms with Gasteiger partial charge in [-0.25, -0.2) is 0 Å². The fraction of sp³-hybridized carbons (Fsp3) is 0.0400. The van der Waals surface area contributed by atoms with Gasteiger partial charge < -0.3 is 10.0 Å². The molecule has 0 radical (unpaired) electrons. The molecule has 3 heteroatoms. The highest BCUT2D eigenvalue weighted by molar-refractivity contribution is 6.58. The molecule has 5 rings (SSSR count). The van der Waals surface area contributed by atoms with Gasteiger partial charge >= 0.3 is 7.12 Å². The van der Waals surface area contributed by atoms with Crippen molar-refractivity contribution >= 4 is 12.6 Å². The van der Waals surface area contributed by atoms with Gasteiger partial charge in [-0.3, -0.25) is 0 Å². The lowest BCUT2D eigenvalue weighted by Crippen LogP contribution is -2.29. The van der Waals surface area contributed by atoms with Crippen LogP contribution in [0.5, 0.6) is 0 Å². The highest BCUT2D eigenvalue weighted by Crippen LogP contribution is 2.47. The predicted molar refractivity (Wildman–Crippen MR) is 115 cm³/mol. The fourth-order valence-corrected chi connectivity index (χ4v) is 4.23. The lowest BCUT2D eigenvalue weighted by Gasteiger charge is -2.15. The molecule has 1 aliphatic carbocycles. The molecule has 0 aliphatic heterocycles. The molecule has 0 saturated heterocycles. The minimum absolute atomic E-state index is 0.258. The molecule has 0 atom stereocenters. The van der Waals surface area contributed by atoms with E-state index in [-0.39, 0.29) is 5.92 Å². The SMILES string of the molecule is OB(O)c1ccc(-c2ccc(C3c4ccccc4-c4ccccc43)cc2)cc1. The van der Waals surface area contributed by atoms with Crippen LogP contribution in [-0.4, -0.2) is 17.2 Å². The Balaban J connectivity index is 1.53. The molecule has 0 aromatic heterocycles. The highest BCUT2D eigenvalue weighted by Gasteiger charge is 2.29. The third-order valence-corrected chi connectivity index (χ3v) is 5.62. The van der Waals surface area contributed by atoms with Crippen LogP contribution in [0.25, 0.3) is 22.3 Å². The average molecular weight is 362 g/mol. The summed E-state index contributed by atoms with van der Waals surface area (Å²) in [7, 11) is -1.43. The summed E-state index contributed by atoms with van der Waals surface area (Å²) in [5.74, 6) is 0.258.